The molecule has 152 valence electrons. The highest BCUT2D eigenvalue weighted by Gasteiger charge is 2.35. The molecule has 7 heteroatoms. The van der Waals surface area contributed by atoms with Gasteiger partial charge in [0.15, 0.2) is 11.5 Å². The van der Waals surface area contributed by atoms with E-state index in [0.29, 0.717) is 16.4 Å². The zero-order valence-corrected chi connectivity index (χ0v) is 18.9. The van der Waals surface area contributed by atoms with Gasteiger partial charge in [0.2, 0.25) is 0 Å². The summed E-state index contributed by atoms with van der Waals surface area (Å²) in [4.78, 5) is 26.8. The van der Waals surface area contributed by atoms with Gasteiger partial charge in [0.1, 0.15) is 0 Å². The van der Waals surface area contributed by atoms with Crippen molar-refractivity contribution in [3.05, 3.63) is 63.0 Å². The average molecular weight is 476 g/mol. The Morgan fingerprint density at radius 2 is 1.93 bits per heavy atom. The number of thioether (sulfide) groups is 1. The van der Waals surface area contributed by atoms with E-state index in [2.05, 4.69) is 22.9 Å². The number of carbonyl (C=O) groups is 2. The topological polar surface area (TPSA) is 55.8 Å². The highest BCUT2D eigenvalue weighted by molar-refractivity contribution is 9.10. The van der Waals surface area contributed by atoms with Crippen LogP contribution in [-0.2, 0) is 11.3 Å². The van der Waals surface area contributed by atoms with Crippen LogP contribution < -0.4 is 9.47 Å². The molecule has 1 unspecified atom stereocenters. The molecule has 1 aliphatic rings. The van der Waals surface area contributed by atoms with E-state index in [1.54, 1.807) is 19.3 Å². The van der Waals surface area contributed by atoms with E-state index in [-0.39, 0.29) is 23.8 Å². The van der Waals surface area contributed by atoms with Gasteiger partial charge in [0, 0.05) is 4.47 Å². The summed E-state index contributed by atoms with van der Waals surface area (Å²) in [6, 6.07) is 13.0. The molecule has 2 amide bonds. The minimum atomic E-state index is -0.297. The Bertz CT molecular complexity index is 960. The lowest BCUT2D eigenvalue weighted by molar-refractivity contribution is -0.123. The Morgan fingerprint density at radius 3 is 2.62 bits per heavy atom. The third kappa shape index (κ3) is 5.03. The number of imide groups is 1. The summed E-state index contributed by atoms with van der Waals surface area (Å²) in [5, 5.41) is -0.277. The average Bonchev–Trinajstić information content (AvgIpc) is 2.97. The van der Waals surface area contributed by atoms with Gasteiger partial charge in [0.05, 0.1) is 24.7 Å². The number of rotatable bonds is 7. The lowest BCUT2D eigenvalue weighted by atomic mass is 10.1. The summed E-state index contributed by atoms with van der Waals surface area (Å²) >= 11 is 4.41. The molecule has 2 aromatic rings. The molecule has 0 aliphatic carbocycles. The second-order valence-electron chi connectivity index (χ2n) is 6.61. The Balaban J connectivity index is 1.81. The molecule has 2 aromatic carbocycles. The zero-order valence-electron chi connectivity index (χ0n) is 16.5. The number of hydrogen-bond donors (Lipinski definition) is 0. The standard InChI is InChI=1S/C22H22BrNO4S/c1-4-14(2)28-18-10-9-15(11-19(18)27-3)12-20-21(25)24(22(26)29-20)13-16-7-5-6-8-17(16)23/h5-12,14H,4,13H2,1-3H3/b20-12-. The van der Waals surface area contributed by atoms with Crippen molar-refractivity contribution in [2.45, 2.75) is 32.9 Å². The molecule has 1 fully saturated rings. The number of benzene rings is 2. The maximum absolute atomic E-state index is 12.8. The van der Waals surface area contributed by atoms with Crippen LogP contribution in [0, 0.1) is 0 Å². The van der Waals surface area contributed by atoms with Gasteiger partial charge in [-0.3, -0.25) is 14.5 Å². The first-order valence-corrected chi connectivity index (χ1v) is 10.9. The van der Waals surface area contributed by atoms with E-state index in [1.807, 2.05) is 43.3 Å². The van der Waals surface area contributed by atoms with Crippen LogP contribution >= 0.6 is 27.7 Å². The summed E-state index contributed by atoms with van der Waals surface area (Å²) in [6.07, 6.45) is 2.67. The monoisotopic (exact) mass is 475 g/mol. The number of hydrogen-bond acceptors (Lipinski definition) is 5. The van der Waals surface area contributed by atoms with E-state index in [9.17, 15) is 9.59 Å². The molecule has 0 N–H and O–H groups in total. The van der Waals surface area contributed by atoms with Gasteiger partial charge in [-0.05, 0) is 60.5 Å². The highest BCUT2D eigenvalue weighted by Crippen LogP contribution is 2.36. The van der Waals surface area contributed by atoms with Crippen LogP contribution in [0.2, 0.25) is 0 Å². The summed E-state index contributed by atoms with van der Waals surface area (Å²) < 4.78 is 12.2. The molecule has 5 nitrogen and oxygen atoms in total. The summed E-state index contributed by atoms with van der Waals surface area (Å²) in [6.45, 7) is 4.28. The highest BCUT2D eigenvalue weighted by atomic mass is 79.9. The molecular formula is C22H22BrNO4S. The van der Waals surface area contributed by atoms with Gasteiger partial charge in [-0.1, -0.05) is 47.1 Å². The predicted octanol–water partition coefficient (Wildman–Crippen LogP) is 5.87. The predicted molar refractivity (Wildman–Crippen MR) is 119 cm³/mol. The molecule has 3 rings (SSSR count). The van der Waals surface area contributed by atoms with Crippen molar-refractivity contribution in [2.24, 2.45) is 0 Å². The van der Waals surface area contributed by atoms with Crippen molar-refractivity contribution in [3.8, 4) is 11.5 Å². The number of amides is 2. The van der Waals surface area contributed by atoms with E-state index in [4.69, 9.17) is 9.47 Å². The molecule has 1 heterocycles. The van der Waals surface area contributed by atoms with Crippen LogP contribution in [0.3, 0.4) is 0 Å². The summed E-state index contributed by atoms with van der Waals surface area (Å²) in [5.41, 5.74) is 1.65. The summed E-state index contributed by atoms with van der Waals surface area (Å²) in [5.74, 6) is 0.946. The molecule has 29 heavy (non-hydrogen) atoms. The van der Waals surface area contributed by atoms with Crippen LogP contribution in [0.4, 0.5) is 4.79 Å². The molecule has 0 aromatic heterocycles. The Hall–Kier alpha value is -2.25. The molecule has 0 spiro atoms. The molecule has 1 atom stereocenters. The minimum absolute atomic E-state index is 0.0727. The Labute approximate surface area is 183 Å². The molecule has 1 saturated heterocycles. The van der Waals surface area contributed by atoms with Crippen molar-refractivity contribution in [1.29, 1.82) is 0 Å². The Morgan fingerprint density at radius 1 is 1.17 bits per heavy atom. The van der Waals surface area contributed by atoms with Gasteiger partial charge < -0.3 is 9.47 Å². The number of halogens is 1. The normalized spacial score (nSPS) is 16.4. The number of nitrogens with zero attached hydrogens (tertiary/aromatic N) is 1. The number of methoxy groups -OCH3 is 1. The Kier molecular flexibility index (Phi) is 7.03. The zero-order chi connectivity index (χ0) is 21.0. The first kappa shape index (κ1) is 21.5. The van der Waals surface area contributed by atoms with Crippen LogP contribution in [0.25, 0.3) is 6.08 Å². The lowest BCUT2D eigenvalue weighted by Gasteiger charge is -2.16. The molecule has 0 radical (unpaired) electrons. The van der Waals surface area contributed by atoms with Gasteiger partial charge in [0.25, 0.3) is 11.1 Å². The second kappa shape index (κ2) is 9.50. The fourth-order valence-electron chi connectivity index (χ4n) is 2.76. The molecule has 0 saturated carbocycles. The van der Waals surface area contributed by atoms with Crippen molar-refractivity contribution >= 4 is 44.9 Å². The maximum atomic E-state index is 12.8. The molecule has 1 aliphatic heterocycles. The lowest BCUT2D eigenvalue weighted by Crippen LogP contribution is -2.27. The molecular weight excluding hydrogens is 454 g/mol. The van der Waals surface area contributed by atoms with E-state index in [1.165, 1.54) is 4.90 Å². The minimum Gasteiger partial charge on any atom is -0.493 e. The first-order chi connectivity index (χ1) is 13.9. The number of ether oxygens (including phenoxy) is 2. The van der Waals surface area contributed by atoms with Crippen LogP contribution in [0.5, 0.6) is 11.5 Å². The third-order valence-corrected chi connectivity index (χ3v) is 6.23. The summed E-state index contributed by atoms with van der Waals surface area (Å²) in [7, 11) is 1.58. The fourth-order valence-corrected chi connectivity index (χ4v) is 4.00. The van der Waals surface area contributed by atoms with E-state index < -0.39 is 0 Å². The molecule has 0 bridgehead atoms. The smallest absolute Gasteiger partial charge is 0.293 e. The van der Waals surface area contributed by atoms with Crippen LogP contribution in [0.1, 0.15) is 31.4 Å². The number of carbonyl (C=O) groups excluding carboxylic acids is 2. The first-order valence-electron chi connectivity index (χ1n) is 9.26. The van der Waals surface area contributed by atoms with Crippen molar-refractivity contribution < 1.29 is 19.1 Å². The fraction of sp³-hybridized carbons (Fsp3) is 0.273. The van der Waals surface area contributed by atoms with Crippen molar-refractivity contribution in [2.75, 3.05) is 7.11 Å². The van der Waals surface area contributed by atoms with Crippen LogP contribution in [-0.4, -0.2) is 29.3 Å². The van der Waals surface area contributed by atoms with Gasteiger partial charge >= 0.3 is 0 Å². The van der Waals surface area contributed by atoms with E-state index >= 15 is 0 Å². The SMILES string of the molecule is CCC(C)Oc1ccc(/C=C2\SC(=O)N(Cc3ccccc3Br)C2=O)cc1OC. The van der Waals surface area contributed by atoms with Crippen molar-refractivity contribution in [1.82, 2.24) is 4.90 Å². The van der Waals surface area contributed by atoms with Crippen LogP contribution in [0.15, 0.2) is 51.8 Å². The van der Waals surface area contributed by atoms with Crippen molar-refractivity contribution in [3.63, 3.8) is 0 Å². The third-order valence-electron chi connectivity index (χ3n) is 4.55. The quantitative estimate of drug-likeness (QED) is 0.468. The largest absolute Gasteiger partial charge is 0.493 e. The van der Waals surface area contributed by atoms with E-state index in [0.717, 1.165) is 33.8 Å². The second-order valence-corrected chi connectivity index (χ2v) is 8.45. The van der Waals surface area contributed by atoms with Gasteiger partial charge in [-0.2, -0.15) is 0 Å². The maximum Gasteiger partial charge on any atom is 0.293 e. The van der Waals surface area contributed by atoms with Gasteiger partial charge in [-0.25, -0.2) is 0 Å². The van der Waals surface area contributed by atoms with Gasteiger partial charge in [-0.15, -0.1) is 0 Å².